The van der Waals surface area contributed by atoms with Gasteiger partial charge in [-0.15, -0.1) is 0 Å². The first-order valence-electron chi connectivity index (χ1n) is 12.5. The number of aliphatic hydroxyl groups is 1. The lowest BCUT2D eigenvalue weighted by Crippen LogP contribution is -2.06. The smallest absolute Gasteiger partial charge is 0.0459 e. The van der Waals surface area contributed by atoms with E-state index < -0.39 is 0 Å². The van der Waals surface area contributed by atoms with Crippen LogP contribution in [0.1, 0.15) is 149 Å². The van der Waals surface area contributed by atoms with E-state index in [1.54, 1.807) is 0 Å². The Hall–Kier alpha value is -0.0400. The van der Waals surface area contributed by atoms with E-state index in [9.17, 15) is 5.11 Å². The van der Waals surface area contributed by atoms with E-state index in [1.807, 2.05) is 0 Å². The maximum absolute atomic E-state index is 9.56. The molecule has 0 aliphatic rings. The largest absolute Gasteiger partial charge is 0.396 e. The van der Waals surface area contributed by atoms with Crippen molar-refractivity contribution in [2.75, 3.05) is 6.61 Å². The van der Waals surface area contributed by atoms with Crippen LogP contribution in [-0.4, -0.2) is 11.7 Å². The van der Waals surface area contributed by atoms with E-state index >= 15 is 0 Å². The van der Waals surface area contributed by atoms with Gasteiger partial charge >= 0.3 is 0 Å². The van der Waals surface area contributed by atoms with Crippen molar-refractivity contribution >= 4 is 0 Å². The molecule has 0 heterocycles. The maximum atomic E-state index is 9.56. The van der Waals surface area contributed by atoms with Gasteiger partial charge in [-0.05, 0) is 18.8 Å². The molecular formula is C25H52O. The zero-order chi connectivity index (χ0) is 19.1. The first-order chi connectivity index (χ1) is 12.8. The van der Waals surface area contributed by atoms with Crippen LogP contribution in [0.3, 0.4) is 0 Å². The van der Waals surface area contributed by atoms with Gasteiger partial charge in [0.25, 0.3) is 0 Å². The zero-order valence-electron chi connectivity index (χ0n) is 18.6. The SMILES string of the molecule is CCCCCCCCCCCCCCCC(CO)CCCCCCCC. The third-order valence-corrected chi connectivity index (χ3v) is 5.94. The molecule has 1 unspecified atom stereocenters. The maximum Gasteiger partial charge on any atom is 0.0459 e. The molecular weight excluding hydrogens is 316 g/mol. The standard InChI is InChI=1S/C25H52O/c1-3-5-7-9-11-12-13-14-15-16-17-19-21-23-25(24-26)22-20-18-10-8-6-4-2/h25-26H,3-24H2,1-2H3. The Labute approximate surface area is 166 Å². The minimum atomic E-state index is 0.410. The Balaban J connectivity index is 3.23. The molecule has 0 amide bonds. The van der Waals surface area contributed by atoms with Crippen molar-refractivity contribution in [3.63, 3.8) is 0 Å². The predicted molar refractivity (Wildman–Crippen MR) is 119 cm³/mol. The van der Waals surface area contributed by atoms with Crippen molar-refractivity contribution in [1.29, 1.82) is 0 Å². The highest BCUT2D eigenvalue weighted by atomic mass is 16.3. The molecule has 0 radical (unpaired) electrons. The molecule has 26 heavy (non-hydrogen) atoms. The highest BCUT2D eigenvalue weighted by Gasteiger charge is 2.06. The number of hydrogen-bond donors (Lipinski definition) is 1. The quantitative estimate of drug-likeness (QED) is 0.189. The van der Waals surface area contributed by atoms with Crippen LogP contribution >= 0.6 is 0 Å². The third-order valence-electron chi connectivity index (χ3n) is 5.94. The molecule has 0 aliphatic carbocycles. The Bertz CT molecular complexity index is 238. The van der Waals surface area contributed by atoms with Crippen molar-refractivity contribution in [3.05, 3.63) is 0 Å². The summed E-state index contributed by atoms with van der Waals surface area (Å²) < 4.78 is 0. The highest BCUT2D eigenvalue weighted by Crippen LogP contribution is 2.19. The second-order valence-electron chi connectivity index (χ2n) is 8.64. The molecule has 0 aromatic rings. The summed E-state index contributed by atoms with van der Waals surface area (Å²) in [5.41, 5.74) is 0. The van der Waals surface area contributed by atoms with E-state index in [-0.39, 0.29) is 0 Å². The van der Waals surface area contributed by atoms with Gasteiger partial charge in [0.15, 0.2) is 0 Å². The predicted octanol–water partition coefficient (Wildman–Crippen LogP) is 8.83. The third kappa shape index (κ3) is 20.3. The summed E-state index contributed by atoms with van der Waals surface area (Å²) in [6.45, 7) is 4.98. The lowest BCUT2D eigenvalue weighted by molar-refractivity contribution is 0.204. The molecule has 0 bridgehead atoms. The summed E-state index contributed by atoms with van der Waals surface area (Å²) in [7, 11) is 0. The summed E-state index contributed by atoms with van der Waals surface area (Å²) in [6, 6.07) is 0. The van der Waals surface area contributed by atoms with Crippen LogP contribution in [0.25, 0.3) is 0 Å². The molecule has 1 atom stereocenters. The minimum Gasteiger partial charge on any atom is -0.396 e. The van der Waals surface area contributed by atoms with Gasteiger partial charge in [0.2, 0.25) is 0 Å². The molecule has 0 aromatic carbocycles. The second-order valence-corrected chi connectivity index (χ2v) is 8.64. The Kier molecular flexibility index (Phi) is 23.0. The summed E-state index contributed by atoms with van der Waals surface area (Å²) in [5.74, 6) is 0.578. The van der Waals surface area contributed by atoms with E-state index in [1.165, 1.54) is 135 Å². The topological polar surface area (TPSA) is 20.2 Å². The van der Waals surface area contributed by atoms with E-state index in [2.05, 4.69) is 13.8 Å². The van der Waals surface area contributed by atoms with Crippen molar-refractivity contribution in [3.8, 4) is 0 Å². The molecule has 1 N–H and O–H groups in total. The fourth-order valence-corrected chi connectivity index (χ4v) is 3.99. The van der Waals surface area contributed by atoms with Crippen LogP contribution in [0, 0.1) is 5.92 Å². The molecule has 0 aliphatic heterocycles. The van der Waals surface area contributed by atoms with Crippen molar-refractivity contribution in [2.24, 2.45) is 5.92 Å². The van der Waals surface area contributed by atoms with Gasteiger partial charge < -0.3 is 5.11 Å². The number of hydrogen-bond acceptors (Lipinski definition) is 1. The van der Waals surface area contributed by atoms with Crippen molar-refractivity contribution in [1.82, 2.24) is 0 Å². The van der Waals surface area contributed by atoms with Gasteiger partial charge in [-0.25, -0.2) is 0 Å². The van der Waals surface area contributed by atoms with Gasteiger partial charge in [-0.3, -0.25) is 0 Å². The van der Waals surface area contributed by atoms with Crippen LogP contribution in [0.15, 0.2) is 0 Å². The molecule has 1 nitrogen and oxygen atoms in total. The lowest BCUT2D eigenvalue weighted by Gasteiger charge is -2.13. The first kappa shape index (κ1) is 26.0. The molecule has 0 fully saturated rings. The number of unbranched alkanes of at least 4 members (excludes halogenated alkanes) is 17. The fourth-order valence-electron chi connectivity index (χ4n) is 3.99. The summed E-state index contributed by atoms with van der Waals surface area (Å²) in [6.07, 6.45) is 29.2. The Morgan fingerprint density at radius 1 is 0.423 bits per heavy atom. The molecule has 0 rings (SSSR count). The van der Waals surface area contributed by atoms with Gasteiger partial charge in [0.05, 0.1) is 0 Å². The molecule has 158 valence electrons. The van der Waals surface area contributed by atoms with Crippen LogP contribution in [0.5, 0.6) is 0 Å². The zero-order valence-corrected chi connectivity index (χ0v) is 18.6. The lowest BCUT2D eigenvalue weighted by atomic mass is 9.95. The Morgan fingerprint density at radius 2 is 0.692 bits per heavy atom. The fraction of sp³-hybridized carbons (Fsp3) is 1.00. The van der Waals surface area contributed by atoms with Crippen molar-refractivity contribution in [2.45, 2.75) is 149 Å². The van der Waals surface area contributed by atoms with Gasteiger partial charge in [0, 0.05) is 6.61 Å². The molecule has 0 spiro atoms. The minimum absolute atomic E-state index is 0.410. The molecule has 1 heteroatoms. The van der Waals surface area contributed by atoms with Crippen LogP contribution in [0.4, 0.5) is 0 Å². The van der Waals surface area contributed by atoms with Crippen LogP contribution in [-0.2, 0) is 0 Å². The second kappa shape index (κ2) is 23.0. The van der Waals surface area contributed by atoms with E-state index in [0.717, 1.165) is 0 Å². The van der Waals surface area contributed by atoms with Gasteiger partial charge in [-0.1, -0.05) is 136 Å². The van der Waals surface area contributed by atoms with Gasteiger partial charge in [-0.2, -0.15) is 0 Å². The van der Waals surface area contributed by atoms with Crippen molar-refractivity contribution < 1.29 is 5.11 Å². The first-order valence-corrected chi connectivity index (χ1v) is 12.5. The van der Waals surface area contributed by atoms with E-state index in [0.29, 0.717) is 12.5 Å². The number of aliphatic hydroxyl groups excluding tert-OH is 1. The normalized spacial score (nSPS) is 12.6. The highest BCUT2D eigenvalue weighted by molar-refractivity contribution is 4.59. The average molecular weight is 369 g/mol. The molecule has 0 saturated carbocycles. The monoisotopic (exact) mass is 368 g/mol. The summed E-state index contributed by atoms with van der Waals surface area (Å²) in [4.78, 5) is 0. The van der Waals surface area contributed by atoms with Gasteiger partial charge in [0.1, 0.15) is 0 Å². The average Bonchev–Trinajstić information content (AvgIpc) is 2.66. The van der Waals surface area contributed by atoms with Crippen LogP contribution in [0.2, 0.25) is 0 Å². The Morgan fingerprint density at radius 3 is 0.962 bits per heavy atom. The molecule has 0 aromatic heterocycles. The summed E-state index contributed by atoms with van der Waals surface area (Å²) >= 11 is 0. The number of rotatable bonds is 22. The summed E-state index contributed by atoms with van der Waals surface area (Å²) in [5, 5.41) is 9.56. The van der Waals surface area contributed by atoms with Crippen LogP contribution < -0.4 is 0 Å². The molecule has 0 saturated heterocycles. The van der Waals surface area contributed by atoms with E-state index in [4.69, 9.17) is 0 Å².